The van der Waals surface area contributed by atoms with Gasteiger partial charge < -0.3 is 25.2 Å². The van der Waals surface area contributed by atoms with Crippen molar-refractivity contribution in [1.29, 1.82) is 0 Å². The highest BCUT2D eigenvalue weighted by Gasteiger charge is 2.71. The molecule has 12 atom stereocenters. The highest BCUT2D eigenvalue weighted by atomic mass is 16.5. The van der Waals surface area contributed by atoms with E-state index in [0.717, 1.165) is 44.1 Å². The number of carboxylic acid groups (broad SMARTS) is 1. The molecule has 6 rings (SSSR count). The molecule has 0 heterocycles. The average Bonchev–Trinajstić information content (AvgIpc) is 3.00. The quantitative estimate of drug-likeness (QED) is 0.156. The summed E-state index contributed by atoms with van der Waals surface area (Å²) >= 11 is 0. The third kappa shape index (κ3) is 4.65. The molecule has 4 N–H and O–H groups in total. The molecule has 7 heteroatoms. The van der Waals surface area contributed by atoms with Crippen LogP contribution in [0, 0.1) is 56.7 Å². The van der Waals surface area contributed by atoms with Crippen LogP contribution in [0.15, 0.2) is 42.0 Å². The number of aliphatic hydroxyl groups is 2. The standard InChI is InChI=1S/C39H54O7/c1-23-15-18-39(34(44)45)20-19-37(5)27(32(39)24(23)2)12-13-30-35(3)21-28(41)33(43)36(4,29(35)16-17-38(30,37)6)22-46-31(42)14-9-25-7-10-26(40)11-8-25/h7-12,14,23-24,28-30,32-33,40-41,43H,13,15-22H2,1-6H3,(H,44,45)/b14-9-/t23-,24+,28-,29-,30-,32-,33+,35+,36-,37-,38-,39+/m1/s1. The Labute approximate surface area is 274 Å². The van der Waals surface area contributed by atoms with Crippen LogP contribution in [0.4, 0.5) is 0 Å². The molecular weight excluding hydrogens is 580 g/mol. The van der Waals surface area contributed by atoms with E-state index < -0.39 is 35.0 Å². The Hall–Kier alpha value is -2.64. The first-order valence-corrected chi connectivity index (χ1v) is 17.5. The predicted molar refractivity (Wildman–Crippen MR) is 176 cm³/mol. The molecule has 252 valence electrons. The van der Waals surface area contributed by atoms with E-state index in [4.69, 9.17) is 4.74 Å². The van der Waals surface area contributed by atoms with Crippen molar-refractivity contribution in [2.45, 2.75) is 105 Å². The van der Waals surface area contributed by atoms with Gasteiger partial charge in [-0.15, -0.1) is 0 Å². The van der Waals surface area contributed by atoms with E-state index in [9.17, 15) is 30.0 Å². The molecular formula is C39H54O7. The summed E-state index contributed by atoms with van der Waals surface area (Å²) in [5.41, 5.74) is 0.0419. The van der Waals surface area contributed by atoms with Crippen LogP contribution in [0.25, 0.3) is 6.08 Å². The van der Waals surface area contributed by atoms with Gasteiger partial charge in [-0.2, -0.15) is 0 Å². The number of carbonyl (C=O) groups excluding carboxylic acids is 1. The van der Waals surface area contributed by atoms with Gasteiger partial charge in [0.15, 0.2) is 0 Å². The van der Waals surface area contributed by atoms with Crippen molar-refractivity contribution in [1.82, 2.24) is 0 Å². The van der Waals surface area contributed by atoms with Crippen molar-refractivity contribution < 1.29 is 34.8 Å². The Bertz CT molecular complexity index is 1430. The highest BCUT2D eigenvalue weighted by molar-refractivity contribution is 5.87. The summed E-state index contributed by atoms with van der Waals surface area (Å²) in [6.07, 6.45) is 9.80. The Balaban J connectivity index is 1.30. The number of fused-ring (bicyclic) bond motifs is 7. The van der Waals surface area contributed by atoms with Crippen LogP contribution in [0.2, 0.25) is 0 Å². The molecule has 0 amide bonds. The molecule has 5 aliphatic rings. The topological polar surface area (TPSA) is 124 Å². The minimum absolute atomic E-state index is 0.00460. The fraction of sp³-hybridized carbons (Fsp3) is 0.692. The number of phenols is 1. The van der Waals surface area contributed by atoms with Gasteiger partial charge in [0.2, 0.25) is 0 Å². The minimum atomic E-state index is -1.02. The smallest absolute Gasteiger partial charge is 0.330 e. The Morgan fingerprint density at radius 1 is 0.957 bits per heavy atom. The maximum Gasteiger partial charge on any atom is 0.330 e. The molecule has 1 aromatic rings. The van der Waals surface area contributed by atoms with Gasteiger partial charge in [0.25, 0.3) is 0 Å². The van der Waals surface area contributed by atoms with Gasteiger partial charge in [-0.3, -0.25) is 4.79 Å². The molecule has 1 aromatic carbocycles. The number of benzene rings is 1. The summed E-state index contributed by atoms with van der Waals surface area (Å²) < 4.78 is 5.81. The van der Waals surface area contributed by atoms with Crippen molar-refractivity contribution in [2.24, 2.45) is 56.7 Å². The zero-order valence-electron chi connectivity index (χ0n) is 28.5. The molecule has 4 fully saturated rings. The number of phenolic OH excluding ortho intramolecular Hbond substituents is 1. The maximum atomic E-state index is 13.0. The molecule has 7 nitrogen and oxygen atoms in total. The number of carbonyl (C=O) groups is 2. The number of rotatable bonds is 5. The molecule has 46 heavy (non-hydrogen) atoms. The number of hydrogen-bond acceptors (Lipinski definition) is 6. The number of esters is 1. The predicted octanol–water partition coefficient (Wildman–Crippen LogP) is 7.00. The number of aromatic hydroxyl groups is 1. The minimum Gasteiger partial charge on any atom is -0.508 e. The summed E-state index contributed by atoms with van der Waals surface area (Å²) in [6, 6.07) is 6.53. The van der Waals surface area contributed by atoms with Crippen LogP contribution in [-0.4, -0.2) is 51.2 Å². The van der Waals surface area contributed by atoms with Crippen LogP contribution >= 0.6 is 0 Å². The third-order valence-corrected chi connectivity index (χ3v) is 15.0. The second-order valence-electron chi connectivity index (χ2n) is 16.9. The second kappa shape index (κ2) is 11.2. The number of allylic oxidation sites excluding steroid dienone is 2. The van der Waals surface area contributed by atoms with E-state index in [1.165, 1.54) is 11.6 Å². The van der Waals surface area contributed by atoms with E-state index in [1.807, 2.05) is 6.92 Å². The lowest BCUT2D eigenvalue weighted by Crippen LogP contribution is -2.68. The molecule has 0 aromatic heterocycles. The van der Waals surface area contributed by atoms with Gasteiger partial charge in [0, 0.05) is 11.5 Å². The normalized spacial score (nSPS) is 46.7. The average molecular weight is 635 g/mol. The lowest BCUT2D eigenvalue weighted by Gasteiger charge is -2.71. The fourth-order valence-corrected chi connectivity index (χ4v) is 12.0. The first-order valence-electron chi connectivity index (χ1n) is 17.5. The number of aliphatic hydroxyl groups excluding tert-OH is 2. The molecule has 0 bridgehead atoms. The van der Waals surface area contributed by atoms with Crippen LogP contribution in [0.3, 0.4) is 0 Å². The van der Waals surface area contributed by atoms with Gasteiger partial charge in [0.1, 0.15) is 5.75 Å². The van der Waals surface area contributed by atoms with Crippen LogP contribution in [-0.2, 0) is 14.3 Å². The lowest BCUT2D eigenvalue weighted by atomic mass is 9.33. The molecule has 4 saturated carbocycles. The van der Waals surface area contributed by atoms with Crippen LogP contribution in [0.1, 0.15) is 98.5 Å². The summed E-state index contributed by atoms with van der Waals surface area (Å²) in [6.45, 7) is 13.7. The first kappa shape index (κ1) is 33.3. The Morgan fingerprint density at radius 2 is 1.65 bits per heavy atom. The van der Waals surface area contributed by atoms with Crippen LogP contribution < -0.4 is 0 Å². The van der Waals surface area contributed by atoms with Gasteiger partial charge in [-0.1, -0.05) is 65.3 Å². The molecule has 0 saturated heterocycles. The van der Waals surface area contributed by atoms with E-state index in [-0.39, 0.29) is 46.4 Å². The highest BCUT2D eigenvalue weighted by Crippen LogP contribution is 2.75. The zero-order valence-corrected chi connectivity index (χ0v) is 28.5. The number of hydrogen-bond donors (Lipinski definition) is 4. The monoisotopic (exact) mass is 634 g/mol. The van der Waals surface area contributed by atoms with Crippen molar-refractivity contribution in [2.75, 3.05) is 6.61 Å². The number of aliphatic carboxylic acids is 1. The summed E-state index contributed by atoms with van der Waals surface area (Å²) in [7, 11) is 0. The van der Waals surface area contributed by atoms with Crippen molar-refractivity contribution in [3.63, 3.8) is 0 Å². The Kier molecular flexibility index (Phi) is 8.12. The molecule has 0 radical (unpaired) electrons. The molecule has 5 aliphatic carbocycles. The molecule has 0 unspecified atom stereocenters. The first-order chi connectivity index (χ1) is 21.5. The maximum absolute atomic E-state index is 13.0. The van der Waals surface area contributed by atoms with E-state index >= 15 is 0 Å². The lowest BCUT2D eigenvalue weighted by molar-refractivity contribution is -0.245. The fourth-order valence-electron chi connectivity index (χ4n) is 12.0. The van der Waals surface area contributed by atoms with Gasteiger partial charge in [-0.05, 0) is 121 Å². The molecule has 0 aliphatic heterocycles. The van der Waals surface area contributed by atoms with E-state index in [0.29, 0.717) is 24.7 Å². The number of ether oxygens (including phenoxy) is 1. The molecule has 0 spiro atoms. The van der Waals surface area contributed by atoms with Gasteiger partial charge in [-0.25, -0.2) is 4.79 Å². The second-order valence-corrected chi connectivity index (χ2v) is 16.9. The van der Waals surface area contributed by atoms with Gasteiger partial charge >= 0.3 is 11.9 Å². The number of carboxylic acids is 1. The summed E-state index contributed by atoms with van der Waals surface area (Å²) in [5.74, 6) is 0.0827. The van der Waals surface area contributed by atoms with Gasteiger partial charge in [0.05, 0.1) is 24.2 Å². The van der Waals surface area contributed by atoms with Crippen LogP contribution in [0.5, 0.6) is 5.75 Å². The van der Waals surface area contributed by atoms with Crippen molar-refractivity contribution >= 4 is 18.0 Å². The largest absolute Gasteiger partial charge is 0.508 e. The Morgan fingerprint density at radius 3 is 2.33 bits per heavy atom. The van der Waals surface area contributed by atoms with E-state index in [1.54, 1.807) is 30.3 Å². The third-order valence-electron chi connectivity index (χ3n) is 15.0. The SMILES string of the molecule is C[C@H]1[C@H](C)CC[C@]2(C(=O)O)CC[C@]3(C)C(=CC[C@@H]4[C@@]5(C)C[C@@H](O)[C@H](O)[C@](C)(COC(=O)/C=C\c6ccc(O)cc6)[C@@H]5CC[C@]43C)[C@@H]12. The van der Waals surface area contributed by atoms with Crippen molar-refractivity contribution in [3.8, 4) is 5.75 Å². The summed E-state index contributed by atoms with van der Waals surface area (Å²) in [5, 5.41) is 43.1. The van der Waals surface area contributed by atoms with E-state index in [2.05, 4.69) is 40.7 Å². The van der Waals surface area contributed by atoms with Crippen molar-refractivity contribution in [3.05, 3.63) is 47.6 Å². The zero-order chi connectivity index (χ0) is 33.4. The summed E-state index contributed by atoms with van der Waals surface area (Å²) in [4.78, 5) is 25.9.